The van der Waals surface area contributed by atoms with E-state index in [2.05, 4.69) is 176 Å². The first kappa shape index (κ1) is 36.6. The minimum Gasteiger partial charge on any atom is -0.455 e. The van der Waals surface area contributed by atoms with E-state index in [-0.39, 0.29) is 5.41 Å². The van der Waals surface area contributed by atoms with Gasteiger partial charge >= 0.3 is 0 Å². The van der Waals surface area contributed by atoms with Crippen LogP contribution in [0.15, 0.2) is 186 Å². The number of aromatic nitrogens is 3. The molecule has 4 nitrogen and oxygen atoms in total. The van der Waals surface area contributed by atoms with Crippen LogP contribution in [-0.4, -0.2) is 15.0 Å². The summed E-state index contributed by atoms with van der Waals surface area (Å²) in [7, 11) is 0. The van der Waals surface area contributed by atoms with Crippen molar-refractivity contribution in [2.45, 2.75) is 47.3 Å². The van der Waals surface area contributed by atoms with E-state index in [0.29, 0.717) is 29.3 Å². The van der Waals surface area contributed by atoms with Crippen LogP contribution in [0.4, 0.5) is 0 Å². The smallest absolute Gasteiger partial charge is 0.164 e. The predicted molar refractivity (Wildman–Crippen MR) is 258 cm³/mol. The lowest BCUT2D eigenvalue weighted by molar-refractivity contribution is -0.0407. The Morgan fingerprint density at radius 1 is 0.422 bits per heavy atom. The van der Waals surface area contributed by atoms with Crippen molar-refractivity contribution in [2.75, 3.05) is 0 Å². The minimum absolute atomic E-state index is 0.0606. The molecule has 9 aromatic rings. The molecule has 4 saturated carbocycles. The Hall–Kier alpha value is -6.82. The molecule has 0 N–H and O–H groups in total. The van der Waals surface area contributed by atoms with Crippen molar-refractivity contribution < 1.29 is 4.74 Å². The molecular formula is C59H43N3OS. The highest BCUT2D eigenvalue weighted by Crippen LogP contribution is 2.72. The second kappa shape index (κ2) is 14.1. The van der Waals surface area contributed by atoms with Crippen molar-refractivity contribution in [1.29, 1.82) is 0 Å². The highest BCUT2D eigenvalue weighted by atomic mass is 32.2. The first-order chi connectivity index (χ1) is 31.6. The van der Waals surface area contributed by atoms with Crippen molar-refractivity contribution in [3.63, 3.8) is 0 Å². The largest absolute Gasteiger partial charge is 0.455 e. The molecule has 0 radical (unpaired) electrons. The summed E-state index contributed by atoms with van der Waals surface area (Å²) in [6.45, 7) is 0. The van der Waals surface area contributed by atoms with Gasteiger partial charge in [-0.05, 0) is 142 Å². The first-order valence-electron chi connectivity index (χ1n) is 22.9. The van der Waals surface area contributed by atoms with Gasteiger partial charge in [0.1, 0.15) is 11.5 Å². The maximum Gasteiger partial charge on any atom is 0.164 e. The van der Waals surface area contributed by atoms with Crippen LogP contribution in [0, 0.1) is 23.7 Å². The third-order valence-corrected chi connectivity index (χ3v) is 16.4. The molecule has 306 valence electrons. The van der Waals surface area contributed by atoms with E-state index < -0.39 is 0 Å². The Labute approximate surface area is 377 Å². The van der Waals surface area contributed by atoms with Gasteiger partial charge in [-0.1, -0.05) is 151 Å². The summed E-state index contributed by atoms with van der Waals surface area (Å²) in [6, 6.07) is 63.4. The van der Waals surface area contributed by atoms with Crippen molar-refractivity contribution in [3.8, 4) is 79.0 Å². The number of para-hydroxylation sites is 1. The number of fused-ring (bicyclic) bond motifs is 7. The van der Waals surface area contributed by atoms with E-state index in [1.54, 1.807) is 0 Å². The average Bonchev–Trinajstić information content (AvgIpc) is 3.65. The van der Waals surface area contributed by atoms with Crippen LogP contribution in [0.1, 0.15) is 43.2 Å². The van der Waals surface area contributed by atoms with E-state index in [1.807, 2.05) is 11.8 Å². The molecule has 1 aromatic heterocycles. The molecule has 5 aliphatic carbocycles. The number of nitrogens with zero attached hydrogens (tertiary/aromatic N) is 3. The van der Waals surface area contributed by atoms with Gasteiger partial charge in [0.2, 0.25) is 0 Å². The summed E-state index contributed by atoms with van der Waals surface area (Å²) in [6.07, 6.45) is 6.65. The lowest BCUT2D eigenvalue weighted by Crippen LogP contribution is -2.55. The van der Waals surface area contributed by atoms with Gasteiger partial charge in [0.15, 0.2) is 17.5 Å². The standard InChI is InChI=1S/C59H43N3OS/c1-2-9-37(10-3-1)42-13-8-14-44(33-42)57-60-56(40-20-17-39(18-21-40)43-22-19-38-11-4-5-12-41(38)32-43)61-58(62-57)45-23-25-50-49(34-45)48-24-26-53-55(63-51-15-6-7-16-52(51)64-53)54(48)59(50)46-28-35-27-36(30-46)31-47(59)29-35/h1-26,32-36,46-47H,27-31H2. The second-order valence-corrected chi connectivity index (χ2v) is 19.9. The maximum atomic E-state index is 7.07. The van der Waals surface area contributed by atoms with Crippen LogP contribution in [0.25, 0.3) is 78.3 Å². The Morgan fingerprint density at radius 3 is 1.81 bits per heavy atom. The lowest BCUT2D eigenvalue weighted by Gasteiger charge is -2.61. The fourth-order valence-corrected chi connectivity index (χ4v) is 13.8. The zero-order chi connectivity index (χ0) is 41.9. The van der Waals surface area contributed by atoms with Crippen LogP contribution in [0.3, 0.4) is 0 Å². The zero-order valence-electron chi connectivity index (χ0n) is 35.2. The molecule has 0 atom stereocenters. The molecule has 5 heteroatoms. The van der Waals surface area contributed by atoms with Gasteiger partial charge in [-0.15, -0.1) is 0 Å². The molecule has 0 unspecified atom stereocenters. The number of rotatable bonds is 5. The van der Waals surface area contributed by atoms with Crippen molar-refractivity contribution in [3.05, 3.63) is 187 Å². The third kappa shape index (κ3) is 5.59. The van der Waals surface area contributed by atoms with Crippen molar-refractivity contribution >= 4 is 22.5 Å². The normalized spacial score (nSPS) is 21.9. The van der Waals surface area contributed by atoms with Crippen LogP contribution in [0.2, 0.25) is 0 Å². The molecule has 2 heterocycles. The highest BCUT2D eigenvalue weighted by molar-refractivity contribution is 7.99. The molecule has 1 aliphatic heterocycles. The molecule has 8 aromatic carbocycles. The maximum absolute atomic E-state index is 7.07. The van der Waals surface area contributed by atoms with Crippen LogP contribution in [-0.2, 0) is 5.41 Å². The predicted octanol–water partition coefficient (Wildman–Crippen LogP) is 15.3. The van der Waals surface area contributed by atoms with Gasteiger partial charge in [-0.25, -0.2) is 15.0 Å². The average molecular weight is 842 g/mol. The highest BCUT2D eigenvalue weighted by Gasteiger charge is 2.63. The van der Waals surface area contributed by atoms with E-state index in [0.717, 1.165) is 56.7 Å². The SMILES string of the molecule is c1ccc(-c2cccc(-c3nc(-c4ccc(-c5ccc6ccccc6c5)cc4)nc(-c4ccc5c(c4)-c4ccc6c(c4C54C5CC7CC(C5)CC4C7)Oc4ccccc4S6)n3)c2)cc1. The first-order valence-corrected chi connectivity index (χ1v) is 23.7. The van der Waals surface area contributed by atoms with Gasteiger partial charge in [0.05, 0.1) is 9.79 Å². The van der Waals surface area contributed by atoms with Crippen molar-refractivity contribution in [2.24, 2.45) is 23.7 Å². The molecule has 6 aliphatic rings. The van der Waals surface area contributed by atoms with Gasteiger partial charge < -0.3 is 4.74 Å². The molecule has 15 rings (SSSR count). The molecule has 64 heavy (non-hydrogen) atoms. The van der Waals surface area contributed by atoms with E-state index in [4.69, 9.17) is 19.7 Å². The second-order valence-electron chi connectivity index (χ2n) is 18.8. The summed E-state index contributed by atoms with van der Waals surface area (Å²) in [5, 5.41) is 2.47. The van der Waals surface area contributed by atoms with Gasteiger partial charge in [-0.2, -0.15) is 0 Å². The molecule has 0 amide bonds. The van der Waals surface area contributed by atoms with Gasteiger partial charge in [0, 0.05) is 27.7 Å². The van der Waals surface area contributed by atoms with E-state index in [9.17, 15) is 0 Å². The minimum atomic E-state index is -0.0606. The molecule has 0 saturated heterocycles. The molecule has 4 bridgehead atoms. The summed E-state index contributed by atoms with van der Waals surface area (Å²) in [5.41, 5.74) is 13.0. The fraction of sp³-hybridized carbons (Fsp3) is 0.169. The third-order valence-electron chi connectivity index (χ3n) is 15.3. The Morgan fingerprint density at radius 2 is 1.02 bits per heavy atom. The summed E-state index contributed by atoms with van der Waals surface area (Å²) in [4.78, 5) is 18.3. The Bertz CT molecular complexity index is 3330. The van der Waals surface area contributed by atoms with E-state index >= 15 is 0 Å². The van der Waals surface area contributed by atoms with Crippen molar-refractivity contribution in [1.82, 2.24) is 15.0 Å². The van der Waals surface area contributed by atoms with Crippen LogP contribution < -0.4 is 4.74 Å². The molecule has 1 spiro atoms. The number of benzene rings is 8. The van der Waals surface area contributed by atoms with Crippen LogP contribution >= 0.6 is 11.8 Å². The quantitative estimate of drug-likeness (QED) is 0.173. The Kier molecular flexibility index (Phi) is 8.07. The number of ether oxygens (including phenoxy) is 1. The molecular weight excluding hydrogens is 799 g/mol. The topological polar surface area (TPSA) is 47.9 Å². The van der Waals surface area contributed by atoms with Gasteiger partial charge in [-0.3, -0.25) is 0 Å². The Balaban J connectivity index is 0.926. The van der Waals surface area contributed by atoms with Gasteiger partial charge in [0.25, 0.3) is 0 Å². The van der Waals surface area contributed by atoms with E-state index in [1.165, 1.54) is 80.5 Å². The zero-order valence-corrected chi connectivity index (χ0v) is 36.1. The van der Waals surface area contributed by atoms with Crippen LogP contribution in [0.5, 0.6) is 11.5 Å². The fourth-order valence-electron chi connectivity index (χ4n) is 12.8. The number of hydrogen-bond donors (Lipinski definition) is 0. The molecule has 4 fully saturated rings. The number of hydrogen-bond acceptors (Lipinski definition) is 5. The lowest BCUT2D eigenvalue weighted by atomic mass is 9.43. The summed E-state index contributed by atoms with van der Waals surface area (Å²) in [5.74, 6) is 6.96. The monoisotopic (exact) mass is 841 g/mol. The summed E-state index contributed by atoms with van der Waals surface area (Å²) < 4.78 is 7.07. The summed E-state index contributed by atoms with van der Waals surface area (Å²) >= 11 is 1.86.